The van der Waals surface area contributed by atoms with Gasteiger partial charge in [0.05, 0.1) is 11.4 Å². The quantitative estimate of drug-likeness (QED) is 0.651. The average molecular weight is 388 g/mol. The number of rotatable bonds is 4. The summed E-state index contributed by atoms with van der Waals surface area (Å²) in [5.41, 5.74) is 6.06. The fourth-order valence-electron chi connectivity index (χ4n) is 3.10. The van der Waals surface area contributed by atoms with Gasteiger partial charge in [-0.2, -0.15) is 0 Å². The van der Waals surface area contributed by atoms with Gasteiger partial charge in [-0.05, 0) is 24.3 Å². The first-order valence-corrected chi connectivity index (χ1v) is 9.66. The van der Waals surface area contributed by atoms with Crippen LogP contribution >= 0.6 is 8.67 Å². The summed E-state index contributed by atoms with van der Waals surface area (Å²) in [5.74, 6) is 0. The molecule has 0 bridgehead atoms. The molecular weight excluding hydrogens is 359 g/mol. The number of benzene rings is 2. The zero-order valence-electron chi connectivity index (χ0n) is 17.4. The van der Waals surface area contributed by atoms with Gasteiger partial charge in [0.1, 0.15) is 0 Å². The summed E-state index contributed by atoms with van der Waals surface area (Å²) in [5, 5.41) is 2.11. The van der Waals surface area contributed by atoms with Crippen molar-refractivity contribution in [2.24, 2.45) is 0 Å². The lowest BCUT2D eigenvalue weighted by Gasteiger charge is -2.21. The molecule has 7 heteroatoms. The van der Waals surface area contributed by atoms with Crippen molar-refractivity contribution in [2.45, 2.75) is 0 Å². The third kappa shape index (κ3) is 3.54. The van der Waals surface area contributed by atoms with E-state index in [1.807, 2.05) is 28.2 Å². The summed E-state index contributed by atoms with van der Waals surface area (Å²) >= 11 is 0. The molecule has 3 aromatic rings. The largest absolute Gasteiger partial charge is 0.419 e. The lowest BCUT2D eigenvalue weighted by atomic mass is 10.1. The van der Waals surface area contributed by atoms with Crippen molar-refractivity contribution in [2.75, 3.05) is 76.0 Å². The maximum atomic E-state index is 6.11. The summed E-state index contributed by atoms with van der Waals surface area (Å²) < 4.78 is 12.2. The smallest absolute Gasteiger partial charge is 0.201 e. The molecule has 1 aromatic heterocycles. The molecule has 0 aliphatic carbocycles. The molecule has 0 amide bonds. The second kappa shape index (κ2) is 7.28. The fourth-order valence-corrected chi connectivity index (χ4v) is 3.73. The summed E-state index contributed by atoms with van der Waals surface area (Å²) in [6, 6.07) is 8.66. The molecule has 3 rings (SSSR count). The summed E-state index contributed by atoms with van der Waals surface area (Å²) in [4.78, 5) is 8.40. The van der Waals surface area contributed by atoms with Crippen LogP contribution in [0.2, 0.25) is 0 Å². The van der Waals surface area contributed by atoms with Crippen LogP contribution in [0.5, 0.6) is 0 Å². The van der Waals surface area contributed by atoms with Crippen LogP contribution in [0.15, 0.2) is 32.7 Å². The van der Waals surface area contributed by atoms with Crippen LogP contribution in [0.3, 0.4) is 0 Å². The van der Waals surface area contributed by atoms with Crippen molar-refractivity contribution in [3.63, 3.8) is 0 Å². The molecule has 0 N–H and O–H groups in total. The van der Waals surface area contributed by atoms with Gasteiger partial charge in [0.2, 0.25) is 8.67 Å². The Balaban J connectivity index is 2.58. The van der Waals surface area contributed by atoms with Gasteiger partial charge in [-0.1, -0.05) is 0 Å². The first-order chi connectivity index (χ1) is 12.7. The Morgan fingerprint density at radius 1 is 0.556 bits per heavy atom. The standard InChI is InChI=1S/C20H29N4O2P/c1-21(2)13-9-15-16-10-14(22(3)4)12-18(24(7)8)20(16)26-27-25-19(15)17(11-13)23(5)6/h9-12,27H,1-8H3. The van der Waals surface area contributed by atoms with E-state index >= 15 is 0 Å². The Morgan fingerprint density at radius 3 is 1.22 bits per heavy atom. The third-order valence-electron chi connectivity index (χ3n) is 4.68. The Bertz CT molecular complexity index is 930. The molecule has 1 heterocycles. The van der Waals surface area contributed by atoms with Gasteiger partial charge in [0.15, 0.2) is 11.2 Å². The third-order valence-corrected chi connectivity index (χ3v) is 5.26. The van der Waals surface area contributed by atoms with Crippen molar-refractivity contribution in [3.05, 3.63) is 24.3 Å². The average Bonchev–Trinajstić information content (AvgIpc) is 2.78. The van der Waals surface area contributed by atoms with Gasteiger partial charge in [0.25, 0.3) is 0 Å². The Morgan fingerprint density at radius 2 is 0.926 bits per heavy atom. The topological polar surface area (TPSA) is 39.2 Å². The van der Waals surface area contributed by atoms with E-state index in [1.54, 1.807) is 0 Å². The molecule has 0 saturated carbocycles. The molecule has 0 atom stereocenters. The lowest BCUT2D eigenvalue weighted by molar-refractivity contribution is 0.662. The van der Waals surface area contributed by atoms with E-state index in [4.69, 9.17) is 8.39 Å². The second-order valence-electron chi connectivity index (χ2n) is 7.55. The van der Waals surface area contributed by atoms with Crippen molar-refractivity contribution in [3.8, 4) is 0 Å². The Kier molecular flexibility index (Phi) is 5.20. The molecular formula is C20H29N4O2P. The van der Waals surface area contributed by atoms with Gasteiger partial charge in [-0.15, -0.1) is 0 Å². The van der Waals surface area contributed by atoms with Crippen LogP contribution in [0.25, 0.3) is 21.9 Å². The minimum atomic E-state index is -0.0910. The van der Waals surface area contributed by atoms with Crippen LogP contribution in [-0.2, 0) is 0 Å². The van der Waals surface area contributed by atoms with Crippen molar-refractivity contribution >= 4 is 53.4 Å². The van der Waals surface area contributed by atoms with Crippen molar-refractivity contribution in [1.29, 1.82) is 0 Å². The van der Waals surface area contributed by atoms with Crippen LogP contribution in [0, 0.1) is 0 Å². The summed E-state index contributed by atoms with van der Waals surface area (Å²) in [7, 11) is 16.3. The molecule has 0 unspecified atom stereocenters. The van der Waals surface area contributed by atoms with E-state index < -0.39 is 0 Å². The van der Waals surface area contributed by atoms with Crippen LogP contribution in [0.1, 0.15) is 0 Å². The van der Waals surface area contributed by atoms with E-state index in [1.165, 1.54) is 0 Å². The van der Waals surface area contributed by atoms with Gasteiger partial charge >= 0.3 is 0 Å². The zero-order chi connectivity index (χ0) is 19.9. The number of hydrogen-bond acceptors (Lipinski definition) is 6. The summed E-state index contributed by atoms with van der Waals surface area (Å²) in [6.45, 7) is 0. The SMILES string of the molecule is CN(C)c1cc(N(C)C)c2o[pH]oc3c(N(C)C)cc(N(C)C)cc3c2c1. The van der Waals surface area contributed by atoms with Crippen molar-refractivity contribution < 1.29 is 8.39 Å². The highest BCUT2D eigenvalue weighted by atomic mass is 31.1. The predicted molar refractivity (Wildman–Crippen MR) is 120 cm³/mol. The van der Waals surface area contributed by atoms with Gasteiger partial charge in [-0.25, -0.2) is 0 Å². The molecule has 6 nitrogen and oxygen atoms in total. The highest BCUT2D eigenvalue weighted by molar-refractivity contribution is 7.15. The van der Waals surface area contributed by atoms with E-state index in [9.17, 15) is 0 Å². The van der Waals surface area contributed by atoms with E-state index in [2.05, 4.69) is 72.1 Å². The monoisotopic (exact) mass is 388 g/mol. The van der Waals surface area contributed by atoms with Gasteiger partial charge < -0.3 is 28.0 Å². The first-order valence-electron chi connectivity index (χ1n) is 8.85. The highest BCUT2D eigenvalue weighted by Crippen LogP contribution is 2.40. The number of hydrogen-bond donors (Lipinski definition) is 0. The van der Waals surface area contributed by atoms with E-state index in [0.717, 1.165) is 44.7 Å². The molecule has 0 radical (unpaired) electrons. The maximum Gasteiger partial charge on any atom is 0.201 e. The van der Waals surface area contributed by atoms with Crippen molar-refractivity contribution in [1.82, 2.24) is 0 Å². The molecule has 0 aliphatic heterocycles. The number of nitrogens with zero attached hydrogens (tertiary/aromatic N) is 4. The first kappa shape index (κ1) is 19.3. The normalized spacial score (nSPS) is 11.0. The molecule has 146 valence electrons. The van der Waals surface area contributed by atoms with Gasteiger partial charge in [-0.3, -0.25) is 0 Å². The van der Waals surface area contributed by atoms with Crippen LogP contribution in [0.4, 0.5) is 22.7 Å². The number of anilines is 4. The van der Waals surface area contributed by atoms with Crippen LogP contribution in [-0.4, -0.2) is 56.4 Å². The number of fused-ring (bicyclic) bond motifs is 3. The minimum Gasteiger partial charge on any atom is -0.419 e. The zero-order valence-corrected chi connectivity index (χ0v) is 18.4. The maximum absolute atomic E-state index is 6.11. The molecule has 0 spiro atoms. The predicted octanol–water partition coefficient (Wildman–Crippen LogP) is 4.60. The molecule has 2 aromatic carbocycles. The second-order valence-corrected chi connectivity index (χ2v) is 8.12. The minimum absolute atomic E-state index is 0.0910. The molecule has 0 aliphatic rings. The Hall–Kier alpha value is -2.46. The molecule has 27 heavy (non-hydrogen) atoms. The van der Waals surface area contributed by atoms with E-state index in [-0.39, 0.29) is 8.67 Å². The summed E-state index contributed by atoms with van der Waals surface area (Å²) in [6.07, 6.45) is 0. The van der Waals surface area contributed by atoms with E-state index in [0.29, 0.717) is 0 Å². The van der Waals surface area contributed by atoms with Crippen LogP contribution < -0.4 is 19.6 Å². The molecule has 0 fully saturated rings. The molecule has 0 saturated heterocycles. The highest BCUT2D eigenvalue weighted by Gasteiger charge is 2.16. The Labute approximate surface area is 162 Å². The lowest BCUT2D eigenvalue weighted by Crippen LogP contribution is -2.13. The van der Waals surface area contributed by atoms with Gasteiger partial charge in [0, 0.05) is 78.5 Å². The fraction of sp³-hybridized carbons (Fsp3) is 0.400.